The van der Waals surface area contributed by atoms with E-state index in [0.717, 1.165) is 33.0 Å². The van der Waals surface area contributed by atoms with Crippen LogP contribution in [0, 0.1) is 0 Å². The van der Waals surface area contributed by atoms with E-state index in [1.54, 1.807) is 30.8 Å². The number of aromatic amines is 1. The van der Waals surface area contributed by atoms with E-state index in [2.05, 4.69) is 9.97 Å². The Kier molecular flexibility index (Phi) is 4.81. The van der Waals surface area contributed by atoms with Crippen LogP contribution < -0.4 is 0 Å². The number of H-pyrrole nitrogens is 1. The van der Waals surface area contributed by atoms with Crippen molar-refractivity contribution < 1.29 is 8.60 Å². The molecular formula is C21H18FN3OS. The number of rotatable bonds is 4. The van der Waals surface area contributed by atoms with E-state index in [1.807, 2.05) is 42.5 Å². The Morgan fingerprint density at radius 2 is 1.85 bits per heavy atom. The van der Waals surface area contributed by atoms with Crippen molar-refractivity contribution in [2.75, 3.05) is 6.26 Å². The predicted octanol–water partition coefficient (Wildman–Crippen LogP) is 4.56. The number of imidazole rings is 1. The summed E-state index contributed by atoms with van der Waals surface area (Å²) in [5.74, 6) is 0.710. The molecule has 0 spiro atoms. The van der Waals surface area contributed by atoms with E-state index in [4.69, 9.17) is 4.98 Å². The van der Waals surface area contributed by atoms with Gasteiger partial charge in [-0.1, -0.05) is 24.3 Å². The van der Waals surface area contributed by atoms with Crippen LogP contribution in [0.3, 0.4) is 0 Å². The number of alkyl halides is 1. The third-order valence-electron chi connectivity index (χ3n) is 4.45. The van der Waals surface area contributed by atoms with Gasteiger partial charge in [0, 0.05) is 51.9 Å². The minimum Gasteiger partial charge on any atom is -0.337 e. The molecule has 0 bridgehead atoms. The van der Waals surface area contributed by atoms with E-state index in [0.29, 0.717) is 12.2 Å². The summed E-state index contributed by atoms with van der Waals surface area (Å²) in [4.78, 5) is 13.0. The molecule has 2 unspecified atom stereocenters. The number of hydrogen-bond acceptors (Lipinski definition) is 3. The maximum absolute atomic E-state index is 13.5. The average Bonchev–Trinajstić information content (AvgIpc) is 3.15. The van der Waals surface area contributed by atoms with Gasteiger partial charge in [-0.2, -0.15) is 0 Å². The third kappa shape index (κ3) is 3.66. The van der Waals surface area contributed by atoms with Crippen LogP contribution in [-0.2, 0) is 10.8 Å². The zero-order valence-corrected chi connectivity index (χ0v) is 15.5. The standard InChI is InChI=1S/C21H18FN3OS/c1-27(26)18-8-4-16(5-9-18)21-24-19(14-2-6-17(22)7-3-14)20(25-21)15-10-12-23-13-11-15/h2-6,8-13,17H,7H2,1H3,(H,24,25). The van der Waals surface area contributed by atoms with Crippen molar-refractivity contribution in [2.24, 2.45) is 0 Å². The molecule has 0 saturated carbocycles. The summed E-state index contributed by atoms with van der Waals surface area (Å²) in [5, 5.41) is 0. The van der Waals surface area contributed by atoms with Crippen molar-refractivity contribution in [3.05, 3.63) is 72.7 Å². The summed E-state index contributed by atoms with van der Waals surface area (Å²) in [6, 6.07) is 11.3. The minimum atomic E-state index is -1.02. The largest absolute Gasteiger partial charge is 0.337 e. The number of aromatic nitrogens is 3. The highest BCUT2D eigenvalue weighted by atomic mass is 32.2. The summed E-state index contributed by atoms with van der Waals surface area (Å²) in [5.41, 5.74) is 4.40. The Morgan fingerprint density at radius 1 is 1.11 bits per heavy atom. The van der Waals surface area contributed by atoms with Crippen molar-refractivity contribution in [1.82, 2.24) is 15.0 Å². The van der Waals surface area contributed by atoms with E-state index in [9.17, 15) is 8.60 Å². The minimum absolute atomic E-state index is 0.354. The summed E-state index contributed by atoms with van der Waals surface area (Å²) in [7, 11) is -1.02. The van der Waals surface area contributed by atoms with Gasteiger partial charge in [0.05, 0.1) is 11.4 Å². The van der Waals surface area contributed by atoms with Crippen LogP contribution >= 0.6 is 0 Å². The second kappa shape index (κ2) is 7.40. The van der Waals surface area contributed by atoms with Gasteiger partial charge in [0.25, 0.3) is 0 Å². The van der Waals surface area contributed by atoms with Gasteiger partial charge >= 0.3 is 0 Å². The average molecular weight is 379 g/mol. The first kappa shape index (κ1) is 17.5. The molecule has 0 aliphatic heterocycles. The zero-order chi connectivity index (χ0) is 18.8. The van der Waals surface area contributed by atoms with Crippen LogP contribution in [0.25, 0.3) is 28.2 Å². The topological polar surface area (TPSA) is 58.6 Å². The molecule has 136 valence electrons. The Balaban J connectivity index is 1.80. The first-order valence-electron chi connectivity index (χ1n) is 8.59. The van der Waals surface area contributed by atoms with Gasteiger partial charge in [0.2, 0.25) is 0 Å². The second-order valence-corrected chi connectivity index (χ2v) is 7.67. The number of nitrogens with zero attached hydrogens (tertiary/aromatic N) is 2. The summed E-state index contributed by atoms with van der Waals surface area (Å²) in [6.07, 6.45) is 9.76. The molecule has 3 aromatic rings. The van der Waals surface area contributed by atoms with Crippen LogP contribution in [-0.4, -0.2) is 31.6 Å². The van der Waals surface area contributed by atoms with Crippen molar-refractivity contribution in [3.8, 4) is 22.6 Å². The van der Waals surface area contributed by atoms with Gasteiger partial charge in [0.1, 0.15) is 12.0 Å². The van der Waals surface area contributed by atoms with Crippen LogP contribution in [0.1, 0.15) is 12.1 Å². The molecule has 4 rings (SSSR count). The Hall–Kier alpha value is -2.86. The lowest BCUT2D eigenvalue weighted by Crippen LogP contribution is -1.99. The fraction of sp³-hybridized carbons (Fsp3) is 0.143. The molecule has 1 aliphatic rings. The smallest absolute Gasteiger partial charge is 0.138 e. The Bertz CT molecular complexity index is 1040. The lowest BCUT2D eigenvalue weighted by atomic mass is 10.00. The monoisotopic (exact) mass is 379 g/mol. The second-order valence-electron chi connectivity index (χ2n) is 6.29. The number of halogens is 1. The quantitative estimate of drug-likeness (QED) is 0.723. The lowest BCUT2D eigenvalue weighted by Gasteiger charge is -2.10. The van der Waals surface area contributed by atoms with E-state index in [1.165, 1.54) is 0 Å². The first-order valence-corrected chi connectivity index (χ1v) is 10.1. The molecule has 1 aromatic carbocycles. The number of pyridine rings is 1. The molecule has 0 radical (unpaired) electrons. The Labute approximate surface area is 159 Å². The third-order valence-corrected chi connectivity index (χ3v) is 5.39. The van der Waals surface area contributed by atoms with Gasteiger partial charge in [0.15, 0.2) is 0 Å². The van der Waals surface area contributed by atoms with Gasteiger partial charge < -0.3 is 4.98 Å². The molecule has 0 fully saturated rings. The predicted molar refractivity (Wildman–Crippen MR) is 106 cm³/mol. The summed E-state index contributed by atoms with van der Waals surface area (Å²) >= 11 is 0. The van der Waals surface area contributed by atoms with E-state index >= 15 is 0 Å². The van der Waals surface area contributed by atoms with Gasteiger partial charge in [-0.3, -0.25) is 9.19 Å². The normalized spacial score (nSPS) is 17.6. The SMILES string of the molecule is CS(=O)c1ccc(-c2nc(-c3ccncc3)c(C3=CCC(F)C=C3)[nH]2)cc1. The highest BCUT2D eigenvalue weighted by molar-refractivity contribution is 7.84. The fourth-order valence-electron chi connectivity index (χ4n) is 3.02. The van der Waals surface area contributed by atoms with Crippen molar-refractivity contribution in [2.45, 2.75) is 17.5 Å². The first-order chi connectivity index (χ1) is 13.1. The highest BCUT2D eigenvalue weighted by Gasteiger charge is 2.18. The van der Waals surface area contributed by atoms with Crippen molar-refractivity contribution >= 4 is 16.4 Å². The number of benzene rings is 1. The van der Waals surface area contributed by atoms with Crippen LogP contribution in [0.5, 0.6) is 0 Å². The lowest BCUT2D eigenvalue weighted by molar-refractivity contribution is 0.402. The molecular weight excluding hydrogens is 361 g/mol. The number of hydrogen-bond donors (Lipinski definition) is 1. The van der Waals surface area contributed by atoms with Gasteiger partial charge in [-0.25, -0.2) is 9.37 Å². The molecule has 2 heterocycles. The molecule has 27 heavy (non-hydrogen) atoms. The molecule has 6 heteroatoms. The van der Waals surface area contributed by atoms with Crippen molar-refractivity contribution in [3.63, 3.8) is 0 Å². The fourth-order valence-corrected chi connectivity index (χ4v) is 3.54. The van der Waals surface area contributed by atoms with Crippen molar-refractivity contribution in [1.29, 1.82) is 0 Å². The molecule has 4 nitrogen and oxygen atoms in total. The van der Waals surface area contributed by atoms with Crippen LogP contribution in [0.15, 0.2) is 71.9 Å². The molecule has 2 aromatic heterocycles. The van der Waals surface area contributed by atoms with Gasteiger partial charge in [-0.05, 0) is 35.9 Å². The van der Waals surface area contributed by atoms with Crippen LogP contribution in [0.2, 0.25) is 0 Å². The molecule has 1 aliphatic carbocycles. The van der Waals surface area contributed by atoms with E-state index < -0.39 is 17.0 Å². The maximum atomic E-state index is 13.5. The number of allylic oxidation sites excluding steroid dienone is 4. The molecule has 0 saturated heterocycles. The highest BCUT2D eigenvalue weighted by Crippen LogP contribution is 2.32. The molecule has 0 amide bonds. The van der Waals surface area contributed by atoms with Crippen LogP contribution in [0.4, 0.5) is 4.39 Å². The maximum Gasteiger partial charge on any atom is 0.138 e. The molecule has 2 atom stereocenters. The number of nitrogens with one attached hydrogen (secondary N) is 1. The summed E-state index contributed by atoms with van der Waals surface area (Å²) in [6.45, 7) is 0. The molecule has 1 N–H and O–H groups in total. The summed E-state index contributed by atoms with van der Waals surface area (Å²) < 4.78 is 25.1. The van der Waals surface area contributed by atoms with E-state index in [-0.39, 0.29) is 0 Å². The van der Waals surface area contributed by atoms with Gasteiger partial charge in [-0.15, -0.1) is 0 Å². The zero-order valence-electron chi connectivity index (χ0n) is 14.7. The Morgan fingerprint density at radius 3 is 2.48 bits per heavy atom.